The third kappa shape index (κ3) is 3.18. The Labute approximate surface area is 119 Å². The quantitative estimate of drug-likeness (QED) is 0.920. The van der Waals surface area contributed by atoms with Crippen LogP contribution in [0.5, 0.6) is 0 Å². The molecule has 0 radical (unpaired) electrons. The number of aryl methyl sites for hydroxylation is 1. The van der Waals surface area contributed by atoms with Crippen LogP contribution in [0.1, 0.15) is 30.9 Å². The van der Waals surface area contributed by atoms with E-state index in [0.29, 0.717) is 24.3 Å². The van der Waals surface area contributed by atoms with E-state index in [0.717, 1.165) is 12.8 Å². The molecule has 2 rings (SSSR count). The molecule has 6 heteroatoms. The van der Waals surface area contributed by atoms with Crippen molar-refractivity contribution in [1.29, 1.82) is 5.26 Å². The highest BCUT2D eigenvalue weighted by Gasteiger charge is 2.33. The summed E-state index contributed by atoms with van der Waals surface area (Å²) in [6, 6.07) is 6.63. The van der Waals surface area contributed by atoms with Gasteiger partial charge in [0.2, 0.25) is 10.0 Å². The van der Waals surface area contributed by atoms with Crippen molar-refractivity contribution in [3.63, 3.8) is 0 Å². The number of nitrogens with one attached hydrogen (secondary N) is 1. The number of nitriles is 1. The monoisotopic (exact) mass is 294 g/mol. The molecule has 108 valence electrons. The standard InChI is InChI=1S/C14H18N2O3S/c1-11-4-5-12(9-15)8-13(11)20(17,18)16-14(2)6-3-7-19-10-14/h4-5,8,16H,3,6-7,10H2,1-2H3. The van der Waals surface area contributed by atoms with Crippen molar-refractivity contribution < 1.29 is 13.2 Å². The fraction of sp³-hybridized carbons (Fsp3) is 0.500. The molecular formula is C14H18N2O3S. The second-order valence-corrected chi connectivity index (χ2v) is 7.07. The first-order valence-electron chi connectivity index (χ1n) is 6.49. The molecule has 1 heterocycles. The molecule has 0 amide bonds. The van der Waals surface area contributed by atoms with Crippen LogP contribution >= 0.6 is 0 Å². The van der Waals surface area contributed by atoms with Crippen LogP contribution in [-0.4, -0.2) is 27.2 Å². The Bertz CT molecular complexity index is 641. The van der Waals surface area contributed by atoms with E-state index < -0.39 is 15.6 Å². The average molecular weight is 294 g/mol. The van der Waals surface area contributed by atoms with Gasteiger partial charge in [-0.15, -0.1) is 0 Å². The highest BCUT2D eigenvalue weighted by Crippen LogP contribution is 2.23. The van der Waals surface area contributed by atoms with E-state index in [-0.39, 0.29) is 4.90 Å². The minimum atomic E-state index is -3.66. The third-order valence-electron chi connectivity index (χ3n) is 3.43. The molecule has 0 aromatic heterocycles. The minimum Gasteiger partial charge on any atom is -0.380 e. The van der Waals surface area contributed by atoms with E-state index in [2.05, 4.69) is 4.72 Å². The molecule has 20 heavy (non-hydrogen) atoms. The van der Waals surface area contributed by atoms with Crippen LogP contribution < -0.4 is 4.72 Å². The molecule has 1 aliphatic rings. The lowest BCUT2D eigenvalue weighted by atomic mass is 9.97. The van der Waals surface area contributed by atoms with Crippen LogP contribution in [0.3, 0.4) is 0 Å². The van der Waals surface area contributed by atoms with Crippen LogP contribution in [-0.2, 0) is 14.8 Å². The second kappa shape index (κ2) is 5.52. The summed E-state index contributed by atoms with van der Waals surface area (Å²) < 4.78 is 33.1. The van der Waals surface area contributed by atoms with Crippen molar-refractivity contribution >= 4 is 10.0 Å². The molecule has 1 atom stereocenters. The van der Waals surface area contributed by atoms with E-state index in [1.165, 1.54) is 6.07 Å². The summed E-state index contributed by atoms with van der Waals surface area (Å²) >= 11 is 0. The summed E-state index contributed by atoms with van der Waals surface area (Å²) in [5.74, 6) is 0. The van der Waals surface area contributed by atoms with Crippen LogP contribution in [0.25, 0.3) is 0 Å². The van der Waals surface area contributed by atoms with E-state index >= 15 is 0 Å². The number of benzene rings is 1. The van der Waals surface area contributed by atoms with Gasteiger partial charge in [-0.3, -0.25) is 0 Å². The van der Waals surface area contributed by atoms with E-state index in [1.54, 1.807) is 19.1 Å². The highest BCUT2D eigenvalue weighted by molar-refractivity contribution is 7.89. The van der Waals surface area contributed by atoms with Crippen LogP contribution in [0.15, 0.2) is 23.1 Å². The van der Waals surface area contributed by atoms with Crippen LogP contribution in [0.2, 0.25) is 0 Å². The summed E-state index contributed by atoms with van der Waals surface area (Å²) in [5, 5.41) is 8.91. The fourth-order valence-corrected chi connectivity index (χ4v) is 4.05. The molecule has 1 aromatic carbocycles. The molecule has 1 unspecified atom stereocenters. The van der Waals surface area contributed by atoms with Crippen molar-refractivity contribution in [2.45, 2.75) is 37.1 Å². The molecule has 1 N–H and O–H groups in total. The molecule has 0 saturated carbocycles. The van der Waals surface area contributed by atoms with Gasteiger partial charge in [0.15, 0.2) is 0 Å². The first-order valence-corrected chi connectivity index (χ1v) is 7.97. The molecule has 0 aliphatic carbocycles. The Balaban J connectivity index is 2.33. The van der Waals surface area contributed by atoms with E-state index in [4.69, 9.17) is 10.00 Å². The Hall–Kier alpha value is -1.42. The molecule has 0 bridgehead atoms. The summed E-state index contributed by atoms with van der Waals surface area (Å²) in [6.45, 7) is 4.59. The summed E-state index contributed by atoms with van der Waals surface area (Å²) in [4.78, 5) is 0.156. The van der Waals surface area contributed by atoms with Gasteiger partial charge in [0.25, 0.3) is 0 Å². The lowest BCUT2D eigenvalue weighted by Crippen LogP contribution is -2.51. The van der Waals surface area contributed by atoms with Gasteiger partial charge in [-0.05, 0) is 44.4 Å². The predicted molar refractivity (Wildman–Crippen MR) is 74.7 cm³/mol. The first kappa shape index (κ1) is 15.0. The first-order chi connectivity index (χ1) is 9.36. The van der Waals surface area contributed by atoms with Gasteiger partial charge in [-0.1, -0.05) is 6.07 Å². The van der Waals surface area contributed by atoms with Gasteiger partial charge in [-0.2, -0.15) is 5.26 Å². The van der Waals surface area contributed by atoms with E-state index in [9.17, 15) is 8.42 Å². The van der Waals surface area contributed by atoms with Crippen LogP contribution in [0, 0.1) is 18.3 Å². The van der Waals surface area contributed by atoms with E-state index in [1.807, 2.05) is 13.0 Å². The number of ether oxygens (including phenoxy) is 1. The zero-order valence-corrected chi connectivity index (χ0v) is 12.5. The zero-order chi connectivity index (χ0) is 14.8. The maximum atomic E-state index is 12.5. The third-order valence-corrected chi connectivity index (χ3v) is 5.21. The van der Waals surface area contributed by atoms with Crippen molar-refractivity contribution in [3.05, 3.63) is 29.3 Å². The molecular weight excluding hydrogens is 276 g/mol. The number of hydrogen-bond acceptors (Lipinski definition) is 4. The molecule has 0 spiro atoms. The molecule has 1 aliphatic heterocycles. The number of rotatable bonds is 3. The lowest BCUT2D eigenvalue weighted by Gasteiger charge is -2.34. The van der Waals surface area contributed by atoms with Gasteiger partial charge >= 0.3 is 0 Å². The van der Waals surface area contributed by atoms with Crippen molar-refractivity contribution in [3.8, 4) is 6.07 Å². The normalized spacial score (nSPS) is 23.2. The van der Waals surface area contributed by atoms with Gasteiger partial charge in [0, 0.05) is 6.61 Å². The zero-order valence-electron chi connectivity index (χ0n) is 11.6. The van der Waals surface area contributed by atoms with Gasteiger partial charge in [0.05, 0.1) is 28.7 Å². The molecule has 1 fully saturated rings. The SMILES string of the molecule is Cc1ccc(C#N)cc1S(=O)(=O)NC1(C)CCCOC1. The predicted octanol–water partition coefficient (Wildman–Crippen LogP) is 1.71. The number of sulfonamides is 1. The smallest absolute Gasteiger partial charge is 0.241 e. The lowest BCUT2D eigenvalue weighted by molar-refractivity contribution is 0.0386. The summed E-state index contributed by atoms with van der Waals surface area (Å²) in [5.41, 5.74) is 0.365. The Kier molecular flexibility index (Phi) is 4.14. The number of hydrogen-bond donors (Lipinski definition) is 1. The van der Waals surface area contributed by atoms with Crippen LogP contribution in [0.4, 0.5) is 0 Å². The maximum Gasteiger partial charge on any atom is 0.241 e. The largest absolute Gasteiger partial charge is 0.380 e. The minimum absolute atomic E-state index is 0.156. The molecule has 5 nitrogen and oxygen atoms in total. The van der Waals surface area contributed by atoms with Crippen molar-refractivity contribution in [1.82, 2.24) is 4.72 Å². The maximum absolute atomic E-state index is 12.5. The van der Waals surface area contributed by atoms with Gasteiger partial charge in [-0.25, -0.2) is 13.1 Å². The highest BCUT2D eigenvalue weighted by atomic mass is 32.2. The fourth-order valence-electron chi connectivity index (χ4n) is 2.35. The van der Waals surface area contributed by atoms with Gasteiger partial charge < -0.3 is 4.74 Å². The topological polar surface area (TPSA) is 79.2 Å². The summed E-state index contributed by atoms with van der Waals surface area (Å²) in [6.07, 6.45) is 1.57. The van der Waals surface area contributed by atoms with Crippen molar-refractivity contribution in [2.24, 2.45) is 0 Å². The molecule has 1 saturated heterocycles. The summed E-state index contributed by atoms with van der Waals surface area (Å²) in [7, 11) is -3.66. The second-order valence-electron chi connectivity index (χ2n) is 5.41. The number of nitrogens with zero attached hydrogens (tertiary/aromatic N) is 1. The average Bonchev–Trinajstić information content (AvgIpc) is 2.38. The van der Waals surface area contributed by atoms with Crippen molar-refractivity contribution in [2.75, 3.05) is 13.2 Å². The Morgan fingerprint density at radius 1 is 1.45 bits per heavy atom. The molecule has 1 aromatic rings. The van der Waals surface area contributed by atoms with Gasteiger partial charge in [0.1, 0.15) is 0 Å². The Morgan fingerprint density at radius 3 is 2.80 bits per heavy atom. The Morgan fingerprint density at radius 2 is 2.20 bits per heavy atom.